The van der Waals surface area contributed by atoms with Crippen LogP contribution in [0.5, 0.6) is 0 Å². The van der Waals surface area contributed by atoms with Gasteiger partial charge in [0.05, 0.1) is 6.04 Å². The van der Waals surface area contributed by atoms with Gasteiger partial charge in [-0.15, -0.1) is 11.3 Å². The second kappa shape index (κ2) is 4.35. The lowest BCUT2D eigenvalue weighted by molar-refractivity contribution is 0.894. The van der Waals surface area contributed by atoms with Gasteiger partial charge in [-0.1, -0.05) is 12.1 Å². The molecule has 0 bridgehead atoms. The second-order valence-electron chi connectivity index (χ2n) is 3.32. The predicted octanol–water partition coefficient (Wildman–Crippen LogP) is 3.14. The Bertz CT molecular complexity index is 467. The van der Waals surface area contributed by atoms with Crippen LogP contribution in [0.25, 0.3) is 0 Å². The number of nitrogen functional groups attached to an aromatic ring is 1. The third kappa shape index (κ3) is 2.40. The zero-order valence-electron chi connectivity index (χ0n) is 7.98. The van der Waals surface area contributed by atoms with Crippen molar-refractivity contribution in [2.45, 2.75) is 6.04 Å². The molecule has 0 aliphatic rings. The Morgan fingerprint density at radius 2 is 2.07 bits per heavy atom. The van der Waals surface area contributed by atoms with E-state index in [0.717, 1.165) is 20.6 Å². The topological polar surface area (TPSA) is 52.0 Å². The van der Waals surface area contributed by atoms with Crippen molar-refractivity contribution in [1.82, 2.24) is 0 Å². The molecule has 78 valence electrons. The standard InChI is InChI=1S/C11H11BrN2S/c12-8-5-10(15-6-8)11(14)7-2-1-3-9(13)4-7/h1-6,11H,13-14H2. The van der Waals surface area contributed by atoms with E-state index in [-0.39, 0.29) is 6.04 Å². The van der Waals surface area contributed by atoms with Crippen LogP contribution in [0.4, 0.5) is 5.69 Å². The highest BCUT2D eigenvalue weighted by Gasteiger charge is 2.10. The molecule has 0 amide bonds. The van der Waals surface area contributed by atoms with Crippen molar-refractivity contribution in [2.24, 2.45) is 5.73 Å². The summed E-state index contributed by atoms with van der Waals surface area (Å²) in [5, 5.41) is 2.03. The van der Waals surface area contributed by atoms with E-state index in [1.807, 2.05) is 35.7 Å². The molecule has 0 spiro atoms. The highest BCUT2D eigenvalue weighted by molar-refractivity contribution is 9.10. The lowest BCUT2D eigenvalue weighted by Crippen LogP contribution is -2.10. The fraction of sp³-hybridized carbons (Fsp3) is 0.0909. The van der Waals surface area contributed by atoms with Crippen LogP contribution in [0.15, 0.2) is 40.2 Å². The summed E-state index contributed by atoms with van der Waals surface area (Å²) < 4.78 is 1.07. The smallest absolute Gasteiger partial charge is 0.0647 e. The van der Waals surface area contributed by atoms with Crippen LogP contribution in [0.1, 0.15) is 16.5 Å². The fourth-order valence-electron chi connectivity index (χ4n) is 1.41. The van der Waals surface area contributed by atoms with Crippen LogP contribution >= 0.6 is 27.3 Å². The van der Waals surface area contributed by atoms with Crippen molar-refractivity contribution in [1.29, 1.82) is 0 Å². The molecule has 0 fully saturated rings. The largest absolute Gasteiger partial charge is 0.399 e. The molecule has 1 atom stereocenters. The summed E-state index contributed by atoms with van der Waals surface area (Å²) in [6.45, 7) is 0. The van der Waals surface area contributed by atoms with Gasteiger partial charge in [-0.2, -0.15) is 0 Å². The Morgan fingerprint density at radius 3 is 2.67 bits per heavy atom. The van der Waals surface area contributed by atoms with Gasteiger partial charge in [0.1, 0.15) is 0 Å². The van der Waals surface area contributed by atoms with Gasteiger partial charge in [-0.05, 0) is 39.7 Å². The van der Waals surface area contributed by atoms with Gasteiger partial charge in [0.15, 0.2) is 0 Å². The number of rotatable bonds is 2. The van der Waals surface area contributed by atoms with E-state index in [2.05, 4.69) is 15.9 Å². The lowest BCUT2D eigenvalue weighted by atomic mass is 10.1. The number of anilines is 1. The number of hydrogen-bond acceptors (Lipinski definition) is 3. The number of nitrogens with two attached hydrogens (primary N) is 2. The third-order valence-electron chi connectivity index (χ3n) is 2.16. The number of thiophene rings is 1. The average Bonchev–Trinajstić information content (AvgIpc) is 2.64. The molecule has 0 saturated carbocycles. The van der Waals surface area contributed by atoms with Crippen LogP contribution in [0.3, 0.4) is 0 Å². The normalized spacial score (nSPS) is 12.7. The molecule has 4 N–H and O–H groups in total. The van der Waals surface area contributed by atoms with Crippen LogP contribution in [-0.4, -0.2) is 0 Å². The van der Waals surface area contributed by atoms with Gasteiger partial charge < -0.3 is 11.5 Å². The van der Waals surface area contributed by atoms with E-state index >= 15 is 0 Å². The molecule has 0 aliphatic carbocycles. The predicted molar refractivity (Wildman–Crippen MR) is 68.9 cm³/mol. The van der Waals surface area contributed by atoms with Crippen LogP contribution in [0.2, 0.25) is 0 Å². The Labute approximate surface area is 101 Å². The number of benzene rings is 1. The molecule has 2 aromatic rings. The van der Waals surface area contributed by atoms with Crippen molar-refractivity contribution in [3.63, 3.8) is 0 Å². The first-order valence-corrected chi connectivity index (χ1v) is 6.19. The molecular formula is C11H11BrN2S. The van der Waals surface area contributed by atoms with Crippen molar-refractivity contribution in [3.8, 4) is 0 Å². The highest BCUT2D eigenvalue weighted by Crippen LogP contribution is 2.28. The molecule has 15 heavy (non-hydrogen) atoms. The van der Waals surface area contributed by atoms with Gasteiger partial charge in [0.25, 0.3) is 0 Å². The molecule has 1 heterocycles. The average molecular weight is 283 g/mol. The fourth-order valence-corrected chi connectivity index (χ4v) is 2.88. The first kappa shape index (κ1) is 10.7. The summed E-state index contributed by atoms with van der Waals surface area (Å²) in [4.78, 5) is 1.13. The molecule has 2 rings (SSSR count). The SMILES string of the molecule is Nc1cccc(C(N)c2cc(Br)cs2)c1. The van der Waals surface area contributed by atoms with Crippen molar-refractivity contribution < 1.29 is 0 Å². The molecule has 1 aromatic carbocycles. The minimum atomic E-state index is -0.0928. The molecule has 0 radical (unpaired) electrons. The summed E-state index contributed by atoms with van der Waals surface area (Å²) in [7, 11) is 0. The summed E-state index contributed by atoms with van der Waals surface area (Å²) in [6.07, 6.45) is 0. The van der Waals surface area contributed by atoms with E-state index < -0.39 is 0 Å². The first-order valence-electron chi connectivity index (χ1n) is 4.52. The highest BCUT2D eigenvalue weighted by atomic mass is 79.9. The van der Waals surface area contributed by atoms with E-state index in [1.165, 1.54) is 0 Å². The van der Waals surface area contributed by atoms with Crippen LogP contribution in [0, 0.1) is 0 Å². The summed E-state index contributed by atoms with van der Waals surface area (Å²) in [5.41, 5.74) is 13.6. The summed E-state index contributed by atoms with van der Waals surface area (Å²) >= 11 is 5.06. The minimum absolute atomic E-state index is 0.0928. The van der Waals surface area contributed by atoms with Crippen LogP contribution < -0.4 is 11.5 Å². The van der Waals surface area contributed by atoms with Gasteiger partial charge in [-0.3, -0.25) is 0 Å². The third-order valence-corrected chi connectivity index (χ3v) is 3.94. The van der Waals surface area contributed by atoms with Gasteiger partial charge in [-0.25, -0.2) is 0 Å². The Hall–Kier alpha value is -0.840. The minimum Gasteiger partial charge on any atom is -0.399 e. The van der Waals surface area contributed by atoms with Gasteiger partial charge in [0.2, 0.25) is 0 Å². The molecule has 1 aromatic heterocycles. The Balaban J connectivity index is 2.32. The monoisotopic (exact) mass is 282 g/mol. The van der Waals surface area contributed by atoms with E-state index in [1.54, 1.807) is 11.3 Å². The molecule has 0 saturated heterocycles. The maximum atomic E-state index is 6.13. The zero-order valence-corrected chi connectivity index (χ0v) is 10.4. The Morgan fingerprint density at radius 1 is 1.27 bits per heavy atom. The molecule has 0 aliphatic heterocycles. The maximum Gasteiger partial charge on any atom is 0.0647 e. The van der Waals surface area contributed by atoms with Gasteiger partial charge >= 0.3 is 0 Å². The van der Waals surface area contributed by atoms with Crippen molar-refractivity contribution >= 4 is 33.0 Å². The van der Waals surface area contributed by atoms with E-state index in [0.29, 0.717) is 0 Å². The Kier molecular flexibility index (Phi) is 3.09. The molecule has 2 nitrogen and oxygen atoms in total. The maximum absolute atomic E-state index is 6.13. The van der Waals surface area contributed by atoms with Gasteiger partial charge in [0, 0.05) is 20.4 Å². The van der Waals surface area contributed by atoms with Crippen LogP contribution in [-0.2, 0) is 0 Å². The first-order chi connectivity index (χ1) is 7.16. The van der Waals surface area contributed by atoms with Crippen molar-refractivity contribution in [2.75, 3.05) is 5.73 Å². The summed E-state index contributed by atoms with van der Waals surface area (Å²) in [6, 6.07) is 9.64. The lowest BCUT2D eigenvalue weighted by Gasteiger charge is -2.10. The quantitative estimate of drug-likeness (QED) is 0.832. The van der Waals surface area contributed by atoms with E-state index in [9.17, 15) is 0 Å². The zero-order chi connectivity index (χ0) is 10.8. The second-order valence-corrected chi connectivity index (χ2v) is 5.17. The van der Waals surface area contributed by atoms with Crippen molar-refractivity contribution in [3.05, 3.63) is 50.6 Å². The molecule has 1 unspecified atom stereocenters. The molecule has 4 heteroatoms. The summed E-state index contributed by atoms with van der Waals surface area (Å²) in [5.74, 6) is 0. The number of halogens is 1. The van der Waals surface area contributed by atoms with E-state index in [4.69, 9.17) is 11.5 Å². The molecular weight excluding hydrogens is 272 g/mol. The number of hydrogen-bond donors (Lipinski definition) is 2.